The maximum Gasteiger partial charge on any atom is 0.193 e. The Balaban J connectivity index is 1.44. The average Bonchev–Trinajstić information content (AvgIpc) is 2.83. The van der Waals surface area contributed by atoms with E-state index < -0.39 is 0 Å². The summed E-state index contributed by atoms with van der Waals surface area (Å²) < 4.78 is 2.36. The van der Waals surface area contributed by atoms with Gasteiger partial charge in [0.05, 0.1) is 0 Å². The Hall–Kier alpha value is -1.59. The molecular formula is C18H32N6. The van der Waals surface area contributed by atoms with Crippen molar-refractivity contribution in [2.75, 3.05) is 26.7 Å². The molecule has 0 saturated carbocycles. The number of hydrogen-bond acceptors (Lipinski definition) is 3. The normalized spacial score (nSPS) is 19.9. The fourth-order valence-corrected chi connectivity index (χ4v) is 3.73. The van der Waals surface area contributed by atoms with E-state index in [-0.39, 0.29) is 0 Å². The van der Waals surface area contributed by atoms with Crippen molar-refractivity contribution in [1.29, 1.82) is 0 Å². The first-order valence-corrected chi connectivity index (χ1v) is 9.64. The average molecular weight is 332 g/mol. The van der Waals surface area contributed by atoms with Crippen molar-refractivity contribution in [1.82, 2.24) is 25.0 Å². The zero-order valence-corrected chi connectivity index (χ0v) is 15.3. The molecule has 0 aliphatic carbocycles. The summed E-state index contributed by atoms with van der Waals surface area (Å²) in [5, 5.41) is 12.3. The fraction of sp³-hybridized carbons (Fsp3) is 0.833. The van der Waals surface area contributed by atoms with Crippen molar-refractivity contribution >= 4 is 5.96 Å². The van der Waals surface area contributed by atoms with Gasteiger partial charge in [-0.25, -0.2) is 0 Å². The number of aliphatic imine (C=N–C) groups is 1. The van der Waals surface area contributed by atoms with Gasteiger partial charge in [0.15, 0.2) is 5.96 Å². The van der Waals surface area contributed by atoms with Crippen LogP contribution in [0, 0.1) is 5.92 Å². The molecule has 2 aliphatic rings. The van der Waals surface area contributed by atoms with Gasteiger partial charge in [0.25, 0.3) is 0 Å². The summed E-state index contributed by atoms with van der Waals surface area (Å²) in [6.45, 7) is 6.63. The van der Waals surface area contributed by atoms with Crippen molar-refractivity contribution in [2.45, 2.75) is 64.8 Å². The molecule has 24 heavy (non-hydrogen) atoms. The van der Waals surface area contributed by atoms with Crippen LogP contribution in [0.4, 0.5) is 0 Å². The standard InChI is InChI=1S/C18H32N6/c1-15-9-13-23(14-10-15)18(19-2)20-11-6-8-17-22-21-16-7-4-3-5-12-24(16)17/h15H,3-14H2,1-2H3,(H,19,20). The first-order valence-electron chi connectivity index (χ1n) is 9.64. The Morgan fingerprint density at radius 3 is 2.79 bits per heavy atom. The minimum Gasteiger partial charge on any atom is -0.356 e. The quantitative estimate of drug-likeness (QED) is 0.522. The summed E-state index contributed by atoms with van der Waals surface area (Å²) in [7, 11) is 1.89. The van der Waals surface area contributed by atoms with E-state index >= 15 is 0 Å². The van der Waals surface area contributed by atoms with Gasteiger partial charge in [-0.15, -0.1) is 10.2 Å². The highest BCUT2D eigenvalue weighted by molar-refractivity contribution is 5.79. The maximum atomic E-state index is 4.45. The van der Waals surface area contributed by atoms with Gasteiger partial charge in [0, 0.05) is 46.1 Å². The SMILES string of the molecule is CN=C(NCCCc1nnc2n1CCCCC2)N1CCC(C)CC1. The summed E-state index contributed by atoms with van der Waals surface area (Å²) in [4.78, 5) is 6.84. The van der Waals surface area contributed by atoms with Crippen LogP contribution < -0.4 is 5.32 Å². The molecule has 1 fully saturated rings. The summed E-state index contributed by atoms with van der Waals surface area (Å²) in [5.74, 6) is 4.26. The second kappa shape index (κ2) is 8.49. The number of piperidine rings is 1. The highest BCUT2D eigenvalue weighted by atomic mass is 15.3. The molecule has 2 aliphatic heterocycles. The van der Waals surface area contributed by atoms with E-state index in [1.54, 1.807) is 0 Å². The number of nitrogens with one attached hydrogen (secondary N) is 1. The molecule has 0 unspecified atom stereocenters. The number of fused-ring (bicyclic) bond motifs is 1. The molecule has 0 spiro atoms. The molecular weight excluding hydrogens is 300 g/mol. The van der Waals surface area contributed by atoms with E-state index in [9.17, 15) is 0 Å². The van der Waals surface area contributed by atoms with Crippen molar-refractivity contribution in [3.8, 4) is 0 Å². The lowest BCUT2D eigenvalue weighted by molar-refractivity contribution is 0.273. The van der Waals surface area contributed by atoms with Gasteiger partial charge < -0.3 is 14.8 Å². The molecule has 0 aromatic carbocycles. The molecule has 6 nitrogen and oxygen atoms in total. The molecule has 1 saturated heterocycles. The van der Waals surface area contributed by atoms with Crippen molar-refractivity contribution in [3.05, 3.63) is 11.6 Å². The third-order valence-corrected chi connectivity index (χ3v) is 5.34. The van der Waals surface area contributed by atoms with Gasteiger partial charge in [-0.3, -0.25) is 4.99 Å². The maximum absolute atomic E-state index is 4.45. The van der Waals surface area contributed by atoms with Gasteiger partial charge in [-0.05, 0) is 38.0 Å². The number of aromatic nitrogens is 3. The third-order valence-electron chi connectivity index (χ3n) is 5.34. The van der Waals surface area contributed by atoms with Crippen LogP contribution in [-0.4, -0.2) is 52.3 Å². The van der Waals surface area contributed by atoms with Gasteiger partial charge >= 0.3 is 0 Å². The molecule has 0 radical (unpaired) electrons. The predicted octanol–water partition coefficient (Wildman–Crippen LogP) is 2.24. The van der Waals surface area contributed by atoms with Gasteiger partial charge in [0.2, 0.25) is 0 Å². The highest BCUT2D eigenvalue weighted by Gasteiger charge is 2.18. The molecule has 0 atom stereocenters. The van der Waals surface area contributed by atoms with Gasteiger partial charge in [-0.1, -0.05) is 13.3 Å². The number of nitrogens with zero attached hydrogens (tertiary/aromatic N) is 5. The lowest BCUT2D eigenvalue weighted by Gasteiger charge is -2.32. The fourth-order valence-electron chi connectivity index (χ4n) is 3.73. The lowest BCUT2D eigenvalue weighted by atomic mass is 10.00. The van der Waals surface area contributed by atoms with Crippen LogP contribution in [-0.2, 0) is 19.4 Å². The molecule has 0 bridgehead atoms. The van der Waals surface area contributed by atoms with Crippen LogP contribution in [0.2, 0.25) is 0 Å². The summed E-state index contributed by atoms with van der Waals surface area (Å²) in [6.07, 6.45) is 9.52. The minimum absolute atomic E-state index is 0.850. The van der Waals surface area contributed by atoms with E-state index in [1.165, 1.54) is 37.9 Å². The third kappa shape index (κ3) is 4.28. The molecule has 1 aromatic rings. The van der Waals surface area contributed by atoms with Crippen molar-refractivity contribution in [2.24, 2.45) is 10.9 Å². The largest absolute Gasteiger partial charge is 0.356 e. The smallest absolute Gasteiger partial charge is 0.193 e. The Bertz CT molecular complexity index is 542. The second-order valence-corrected chi connectivity index (χ2v) is 7.24. The number of likely N-dealkylation sites (tertiary alicyclic amines) is 1. The van der Waals surface area contributed by atoms with Gasteiger partial charge in [-0.2, -0.15) is 0 Å². The first-order chi connectivity index (χ1) is 11.8. The summed E-state index contributed by atoms with van der Waals surface area (Å²) >= 11 is 0. The van der Waals surface area contributed by atoms with E-state index in [1.807, 2.05) is 7.05 Å². The molecule has 6 heteroatoms. The Morgan fingerprint density at radius 1 is 1.17 bits per heavy atom. The minimum atomic E-state index is 0.850. The number of aryl methyl sites for hydroxylation is 2. The van der Waals surface area contributed by atoms with Crippen LogP contribution in [0.15, 0.2) is 4.99 Å². The Labute approximate surface area is 145 Å². The highest BCUT2D eigenvalue weighted by Crippen LogP contribution is 2.16. The molecule has 134 valence electrons. The van der Waals surface area contributed by atoms with E-state index in [0.717, 1.165) is 63.1 Å². The Kier molecular flexibility index (Phi) is 6.10. The molecule has 1 aromatic heterocycles. The van der Waals surface area contributed by atoms with Crippen LogP contribution in [0.5, 0.6) is 0 Å². The van der Waals surface area contributed by atoms with Crippen molar-refractivity contribution in [3.63, 3.8) is 0 Å². The monoisotopic (exact) mass is 332 g/mol. The first kappa shape index (κ1) is 17.2. The number of hydrogen-bond donors (Lipinski definition) is 1. The zero-order valence-electron chi connectivity index (χ0n) is 15.3. The van der Waals surface area contributed by atoms with Crippen molar-refractivity contribution < 1.29 is 0 Å². The van der Waals surface area contributed by atoms with E-state index in [0.29, 0.717) is 0 Å². The van der Waals surface area contributed by atoms with Crippen LogP contribution in [0.25, 0.3) is 0 Å². The van der Waals surface area contributed by atoms with Crippen LogP contribution in [0.3, 0.4) is 0 Å². The zero-order chi connectivity index (χ0) is 16.8. The Morgan fingerprint density at radius 2 is 2.00 bits per heavy atom. The van der Waals surface area contributed by atoms with E-state index in [4.69, 9.17) is 0 Å². The molecule has 1 N–H and O–H groups in total. The summed E-state index contributed by atoms with van der Waals surface area (Å²) in [5.41, 5.74) is 0. The molecule has 3 rings (SSSR count). The number of rotatable bonds is 4. The summed E-state index contributed by atoms with van der Waals surface area (Å²) in [6, 6.07) is 0. The molecule has 3 heterocycles. The molecule has 0 amide bonds. The predicted molar refractivity (Wildman–Crippen MR) is 97.2 cm³/mol. The van der Waals surface area contributed by atoms with Gasteiger partial charge in [0.1, 0.15) is 11.6 Å². The second-order valence-electron chi connectivity index (χ2n) is 7.24. The van der Waals surface area contributed by atoms with E-state index in [2.05, 4.69) is 36.9 Å². The number of guanidine groups is 1. The van der Waals surface area contributed by atoms with Crippen LogP contribution >= 0.6 is 0 Å². The van der Waals surface area contributed by atoms with Crippen LogP contribution in [0.1, 0.15) is 57.1 Å². The lowest BCUT2D eigenvalue weighted by Crippen LogP contribution is -2.45. The topological polar surface area (TPSA) is 58.3 Å².